The highest BCUT2D eigenvalue weighted by Gasteiger charge is 2.38. The first kappa shape index (κ1) is 22.3. The Morgan fingerprint density at radius 1 is 1.00 bits per heavy atom. The van der Waals surface area contributed by atoms with Crippen molar-refractivity contribution in [3.8, 4) is 0 Å². The molecule has 0 aliphatic carbocycles. The van der Waals surface area contributed by atoms with Gasteiger partial charge in [-0.2, -0.15) is 31.4 Å². The van der Waals surface area contributed by atoms with Gasteiger partial charge < -0.3 is 9.80 Å². The number of hydrogen-bond donors (Lipinski definition) is 0. The highest BCUT2D eigenvalue weighted by Crippen LogP contribution is 2.35. The van der Waals surface area contributed by atoms with E-state index in [9.17, 15) is 31.1 Å². The summed E-state index contributed by atoms with van der Waals surface area (Å²) in [5.41, 5.74) is -1.34. The molecule has 1 saturated heterocycles. The van der Waals surface area contributed by atoms with Crippen molar-refractivity contribution < 1.29 is 31.1 Å². The van der Waals surface area contributed by atoms with Crippen LogP contribution in [0.25, 0.3) is 0 Å². The zero-order valence-electron chi connectivity index (χ0n) is 15.7. The van der Waals surface area contributed by atoms with Crippen LogP contribution in [0.2, 0.25) is 5.02 Å². The molecule has 2 aromatic rings. The van der Waals surface area contributed by atoms with Crippen LogP contribution >= 0.6 is 11.6 Å². The lowest BCUT2D eigenvalue weighted by atomic mass is 10.1. The molecular formula is C18H17ClF6N4O. The number of alkyl halides is 6. The Kier molecular flexibility index (Phi) is 5.94. The number of piperazine rings is 1. The van der Waals surface area contributed by atoms with Crippen LogP contribution in [0.5, 0.6) is 0 Å². The van der Waals surface area contributed by atoms with E-state index in [0.29, 0.717) is 18.8 Å². The van der Waals surface area contributed by atoms with Gasteiger partial charge in [-0.25, -0.2) is 0 Å². The summed E-state index contributed by atoms with van der Waals surface area (Å²) in [6.45, 7) is 2.27. The summed E-state index contributed by atoms with van der Waals surface area (Å²) >= 11 is 5.69. The molecule has 1 fully saturated rings. The number of benzene rings is 1. The van der Waals surface area contributed by atoms with E-state index in [1.165, 1.54) is 24.0 Å². The summed E-state index contributed by atoms with van der Waals surface area (Å²) < 4.78 is 77.6. The number of carbonyl (C=O) groups excluding carboxylic acids is 1. The number of nitrogens with zero attached hydrogens (tertiary/aromatic N) is 4. The van der Waals surface area contributed by atoms with Gasteiger partial charge in [-0.1, -0.05) is 11.6 Å². The number of carbonyl (C=O) groups is 1. The molecule has 1 aromatic carbocycles. The van der Waals surface area contributed by atoms with Gasteiger partial charge in [-0.15, -0.1) is 0 Å². The first-order valence-corrected chi connectivity index (χ1v) is 9.26. The molecule has 164 valence electrons. The molecule has 1 amide bonds. The van der Waals surface area contributed by atoms with Gasteiger partial charge in [0, 0.05) is 31.9 Å². The second kappa shape index (κ2) is 8.01. The number of hydrogen-bond acceptors (Lipinski definition) is 3. The quantitative estimate of drug-likeness (QED) is 0.652. The molecule has 3 rings (SSSR count). The first-order chi connectivity index (χ1) is 13.9. The van der Waals surface area contributed by atoms with Crippen LogP contribution in [-0.4, -0.2) is 46.8 Å². The lowest BCUT2D eigenvalue weighted by Crippen LogP contribution is -2.49. The molecule has 5 nitrogen and oxygen atoms in total. The minimum absolute atomic E-state index is 0.0423. The molecule has 0 radical (unpaired) electrons. The minimum atomic E-state index is -4.72. The van der Waals surface area contributed by atoms with E-state index < -0.39 is 34.5 Å². The Morgan fingerprint density at radius 3 is 2.03 bits per heavy atom. The zero-order valence-corrected chi connectivity index (χ0v) is 16.4. The fourth-order valence-electron chi connectivity index (χ4n) is 3.16. The fraction of sp³-hybridized carbons (Fsp3) is 0.444. The van der Waals surface area contributed by atoms with Crippen molar-refractivity contribution in [2.45, 2.75) is 25.8 Å². The number of halogens is 7. The maximum absolute atomic E-state index is 12.9. The number of aromatic nitrogens is 2. The van der Waals surface area contributed by atoms with Crippen molar-refractivity contribution in [3.63, 3.8) is 0 Å². The summed E-state index contributed by atoms with van der Waals surface area (Å²) in [6.07, 6.45) is -9.13. The lowest BCUT2D eigenvalue weighted by molar-refractivity contribution is -0.142. The summed E-state index contributed by atoms with van der Waals surface area (Å²) in [5.74, 6) is -0.418. The van der Waals surface area contributed by atoms with Gasteiger partial charge in [0.1, 0.15) is 6.54 Å². The molecule has 1 aliphatic rings. The number of rotatable bonds is 3. The Bertz CT molecular complexity index is 914. The second-order valence-corrected chi connectivity index (χ2v) is 7.19. The number of amides is 1. The van der Waals surface area contributed by atoms with Crippen LogP contribution in [0.1, 0.15) is 17.0 Å². The molecule has 12 heteroatoms. The van der Waals surface area contributed by atoms with Gasteiger partial charge in [0.05, 0.1) is 16.3 Å². The molecule has 0 unspecified atom stereocenters. The van der Waals surface area contributed by atoms with Crippen LogP contribution in [0.3, 0.4) is 0 Å². The van der Waals surface area contributed by atoms with Crippen molar-refractivity contribution in [2.75, 3.05) is 31.1 Å². The molecule has 1 aliphatic heterocycles. The van der Waals surface area contributed by atoms with Gasteiger partial charge in [0.2, 0.25) is 5.91 Å². The molecular weight excluding hydrogens is 438 g/mol. The normalized spacial score (nSPS) is 15.6. The third-order valence-electron chi connectivity index (χ3n) is 4.88. The highest BCUT2D eigenvalue weighted by atomic mass is 35.5. The monoisotopic (exact) mass is 454 g/mol. The van der Waals surface area contributed by atoms with Crippen molar-refractivity contribution in [2.24, 2.45) is 0 Å². The second-order valence-electron chi connectivity index (χ2n) is 6.82. The average Bonchev–Trinajstić information content (AvgIpc) is 2.96. The molecule has 2 heterocycles. The maximum Gasteiger partial charge on any atom is 0.436 e. The Balaban J connectivity index is 1.61. The fourth-order valence-corrected chi connectivity index (χ4v) is 3.41. The van der Waals surface area contributed by atoms with Crippen molar-refractivity contribution in [1.29, 1.82) is 0 Å². The summed E-state index contributed by atoms with van der Waals surface area (Å²) in [6, 6.07) is 4.73. The molecule has 0 saturated carbocycles. The van der Waals surface area contributed by atoms with E-state index in [1.807, 2.05) is 4.90 Å². The van der Waals surface area contributed by atoms with Gasteiger partial charge in [-0.05, 0) is 31.2 Å². The van der Waals surface area contributed by atoms with Crippen LogP contribution in [-0.2, 0) is 23.7 Å². The van der Waals surface area contributed by atoms with E-state index in [-0.39, 0.29) is 25.3 Å². The molecule has 0 spiro atoms. The maximum atomic E-state index is 12.9. The smallest absolute Gasteiger partial charge is 0.368 e. The van der Waals surface area contributed by atoms with E-state index in [4.69, 9.17) is 11.6 Å². The average molecular weight is 455 g/mol. The Hall–Kier alpha value is -2.43. The van der Waals surface area contributed by atoms with Crippen molar-refractivity contribution in [1.82, 2.24) is 14.7 Å². The molecule has 30 heavy (non-hydrogen) atoms. The lowest BCUT2D eigenvalue weighted by Gasteiger charge is -2.36. The minimum Gasteiger partial charge on any atom is -0.368 e. The van der Waals surface area contributed by atoms with Gasteiger partial charge in [0.15, 0.2) is 5.69 Å². The zero-order chi connectivity index (χ0) is 22.3. The molecule has 0 N–H and O–H groups in total. The third kappa shape index (κ3) is 4.66. The van der Waals surface area contributed by atoms with Crippen LogP contribution in [0.15, 0.2) is 24.3 Å². The van der Waals surface area contributed by atoms with Gasteiger partial charge in [-0.3, -0.25) is 9.48 Å². The third-order valence-corrected chi connectivity index (χ3v) is 5.33. The molecule has 0 atom stereocenters. The van der Waals surface area contributed by atoms with Crippen molar-refractivity contribution in [3.05, 3.63) is 46.2 Å². The van der Waals surface area contributed by atoms with E-state index in [2.05, 4.69) is 5.10 Å². The molecule has 0 bridgehead atoms. The summed E-state index contributed by atoms with van der Waals surface area (Å²) in [7, 11) is 0. The van der Waals surface area contributed by atoms with Crippen LogP contribution in [0, 0.1) is 6.92 Å². The van der Waals surface area contributed by atoms with E-state index in [0.717, 1.165) is 16.8 Å². The summed E-state index contributed by atoms with van der Waals surface area (Å²) in [5, 5.41) is 2.88. The number of anilines is 1. The molecule has 1 aromatic heterocycles. The van der Waals surface area contributed by atoms with Crippen LogP contribution < -0.4 is 4.90 Å². The van der Waals surface area contributed by atoms with E-state index >= 15 is 0 Å². The largest absolute Gasteiger partial charge is 0.436 e. The van der Waals surface area contributed by atoms with E-state index in [1.54, 1.807) is 0 Å². The standard InChI is InChI=1S/C18H17ClF6N4O/c1-11-15(19)16(18(23,24)25)26-29(11)10-14(30)28-8-6-27(7-9-28)13-4-2-12(3-5-13)17(20,21)22/h2-5H,6-10H2,1H3. The SMILES string of the molecule is Cc1c(Cl)c(C(F)(F)F)nn1CC(=O)N1CCN(c2ccc(C(F)(F)F)cc2)CC1. The van der Waals surface area contributed by atoms with Crippen molar-refractivity contribution >= 4 is 23.2 Å². The Morgan fingerprint density at radius 2 is 1.57 bits per heavy atom. The highest BCUT2D eigenvalue weighted by molar-refractivity contribution is 6.32. The topological polar surface area (TPSA) is 41.4 Å². The predicted molar refractivity (Wildman–Crippen MR) is 97.2 cm³/mol. The van der Waals surface area contributed by atoms with Gasteiger partial charge in [0.25, 0.3) is 0 Å². The summed E-state index contributed by atoms with van der Waals surface area (Å²) in [4.78, 5) is 15.8. The van der Waals surface area contributed by atoms with Gasteiger partial charge >= 0.3 is 12.4 Å². The van der Waals surface area contributed by atoms with Crippen LogP contribution in [0.4, 0.5) is 32.0 Å². The predicted octanol–water partition coefficient (Wildman–Crippen LogP) is 4.23. The first-order valence-electron chi connectivity index (χ1n) is 8.88. The Labute approximate surface area is 172 Å².